The SMILES string of the molecule is O=c1[nH]c(C=Cc2ccccc2[N+](=O)[O-])nc(O)c1[N+](=O)[O-]. The molecule has 0 atom stereocenters. The minimum absolute atomic E-state index is 0.160. The minimum atomic E-state index is -1.13. The fraction of sp³-hybridized carbons (Fsp3) is 0. The minimum Gasteiger partial charge on any atom is -0.488 e. The molecule has 0 aliphatic rings. The van der Waals surface area contributed by atoms with Crippen LogP contribution in [0.5, 0.6) is 5.88 Å². The summed E-state index contributed by atoms with van der Waals surface area (Å²) < 4.78 is 0. The normalized spacial score (nSPS) is 10.7. The van der Waals surface area contributed by atoms with E-state index in [9.17, 15) is 30.1 Å². The Morgan fingerprint density at radius 2 is 1.82 bits per heavy atom. The number of aromatic hydroxyl groups is 1. The summed E-state index contributed by atoms with van der Waals surface area (Å²) >= 11 is 0. The first-order valence-electron chi connectivity index (χ1n) is 5.79. The lowest BCUT2D eigenvalue weighted by Crippen LogP contribution is -2.14. The zero-order valence-electron chi connectivity index (χ0n) is 10.8. The van der Waals surface area contributed by atoms with Crippen molar-refractivity contribution in [1.82, 2.24) is 9.97 Å². The molecule has 0 fully saturated rings. The Bertz CT molecular complexity index is 842. The van der Waals surface area contributed by atoms with Gasteiger partial charge in [0.1, 0.15) is 5.82 Å². The van der Waals surface area contributed by atoms with Crippen LogP contribution in [0.2, 0.25) is 0 Å². The van der Waals surface area contributed by atoms with Crippen LogP contribution in [0.25, 0.3) is 12.2 Å². The maximum atomic E-state index is 11.4. The van der Waals surface area contributed by atoms with E-state index in [0.717, 1.165) is 0 Å². The monoisotopic (exact) mass is 304 g/mol. The summed E-state index contributed by atoms with van der Waals surface area (Å²) in [6.45, 7) is 0. The molecule has 22 heavy (non-hydrogen) atoms. The van der Waals surface area contributed by atoms with Crippen LogP contribution in [0.3, 0.4) is 0 Å². The molecule has 2 rings (SSSR count). The fourth-order valence-corrected chi connectivity index (χ4v) is 1.68. The van der Waals surface area contributed by atoms with Gasteiger partial charge in [-0.25, -0.2) is 0 Å². The van der Waals surface area contributed by atoms with Gasteiger partial charge in [0.05, 0.1) is 15.4 Å². The molecule has 1 aromatic carbocycles. The lowest BCUT2D eigenvalue weighted by atomic mass is 10.1. The van der Waals surface area contributed by atoms with Crippen LogP contribution in [-0.4, -0.2) is 24.9 Å². The number of nitro benzene ring substituents is 1. The van der Waals surface area contributed by atoms with Gasteiger partial charge in [0, 0.05) is 6.07 Å². The number of nitrogens with one attached hydrogen (secondary N) is 1. The van der Waals surface area contributed by atoms with E-state index in [1.165, 1.54) is 30.4 Å². The number of para-hydroxylation sites is 1. The molecule has 0 bridgehead atoms. The van der Waals surface area contributed by atoms with Gasteiger partial charge in [-0.2, -0.15) is 4.98 Å². The van der Waals surface area contributed by atoms with Gasteiger partial charge in [0.15, 0.2) is 0 Å². The van der Waals surface area contributed by atoms with Gasteiger partial charge in [0.2, 0.25) is 0 Å². The summed E-state index contributed by atoms with van der Waals surface area (Å²) in [6, 6.07) is 5.84. The number of nitro groups is 2. The number of nitrogens with zero attached hydrogens (tertiary/aromatic N) is 3. The second-order valence-electron chi connectivity index (χ2n) is 4.03. The Balaban J connectivity index is 2.42. The number of hydrogen-bond acceptors (Lipinski definition) is 7. The third-order valence-electron chi connectivity index (χ3n) is 2.63. The van der Waals surface area contributed by atoms with E-state index < -0.39 is 27.0 Å². The van der Waals surface area contributed by atoms with Crippen LogP contribution in [-0.2, 0) is 0 Å². The summed E-state index contributed by atoms with van der Waals surface area (Å²) in [5.74, 6) is -1.21. The molecule has 112 valence electrons. The van der Waals surface area contributed by atoms with E-state index in [0.29, 0.717) is 0 Å². The lowest BCUT2D eigenvalue weighted by Gasteiger charge is -1.98. The van der Waals surface area contributed by atoms with Crippen molar-refractivity contribution in [3.63, 3.8) is 0 Å². The molecule has 0 amide bonds. The van der Waals surface area contributed by atoms with Crippen molar-refractivity contribution in [1.29, 1.82) is 0 Å². The van der Waals surface area contributed by atoms with Crippen molar-refractivity contribution < 1.29 is 15.0 Å². The van der Waals surface area contributed by atoms with Crippen molar-refractivity contribution in [3.8, 4) is 5.88 Å². The van der Waals surface area contributed by atoms with Crippen LogP contribution in [0, 0.1) is 20.2 Å². The molecule has 2 N–H and O–H groups in total. The van der Waals surface area contributed by atoms with Gasteiger partial charge in [-0.15, -0.1) is 0 Å². The highest BCUT2D eigenvalue weighted by Gasteiger charge is 2.21. The molecule has 0 saturated carbocycles. The Hall–Kier alpha value is -3.56. The van der Waals surface area contributed by atoms with Crippen LogP contribution >= 0.6 is 0 Å². The van der Waals surface area contributed by atoms with Crippen LogP contribution < -0.4 is 5.56 Å². The molecule has 0 saturated heterocycles. The van der Waals surface area contributed by atoms with Gasteiger partial charge in [-0.05, 0) is 18.2 Å². The van der Waals surface area contributed by atoms with Gasteiger partial charge in [-0.1, -0.05) is 12.1 Å². The second kappa shape index (κ2) is 5.83. The van der Waals surface area contributed by atoms with E-state index in [1.54, 1.807) is 6.07 Å². The topological polar surface area (TPSA) is 152 Å². The summed E-state index contributed by atoms with van der Waals surface area (Å²) in [5, 5.41) is 30.8. The van der Waals surface area contributed by atoms with Gasteiger partial charge >= 0.3 is 11.2 Å². The zero-order valence-corrected chi connectivity index (χ0v) is 10.8. The maximum absolute atomic E-state index is 11.4. The number of rotatable bonds is 4. The van der Waals surface area contributed by atoms with E-state index in [4.69, 9.17) is 0 Å². The lowest BCUT2D eigenvalue weighted by molar-refractivity contribution is -0.387. The molecule has 10 heteroatoms. The third kappa shape index (κ3) is 2.95. The Labute approximate surface area is 121 Å². The van der Waals surface area contributed by atoms with Crippen molar-refractivity contribution in [2.75, 3.05) is 0 Å². The van der Waals surface area contributed by atoms with Crippen molar-refractivity contribution in [2.45, 2.75) is 0 Å². The van der Waals surface area contributed by atoms with Crippen molar-refractivity contribution in [2.24, 2.45) is 0 Å². The van der Waals surface area contributed by atoms with E-state index in [-0.39, 0.29) is 17.1 Å². The molecular weight excluding hydrogens is 296 g/mol. The predicted molar refractivity (Wildman–Crippen MR) is 75.2 cm³/mol. The quantitative estimate of drug-likeness (QED) is 0.640. The molecule has 0 unspecified atom stereocenters. The van der Waals surface area contributed by atoms with E-state index >= 15 is 0 Å². The molecule has 1 heterocycles. The number of hydrogen-bond donors (Lipinski definition) is 2. The highest BCUT2D eigenvalue weighted by atomic mass is 16.6. The fourth-order valence-electron chi connectivity index (χ4n) is 1.68. The standard InChI is InChI=1S/C12H8N4O6/c17-11-10(16(21)22)12(18)14-9(13-11)6-5-7-3-1-2-4-8(7)15(19)20/h1-6H,(H2,13,14,17,18). The van der Waals surface area contributed by atoms with Gasteiger partial charge in [0.25, 0.3) is 11.6 Å². The predicted octanol–water partition coefficient (Wildman–Crippen LogP) is 1.46. The number of aromatic nitrogens is 2. The van der Waals surface area contributed by atoms with Gasteiger partial charge in [-0.3, -0.25) is 25.0 Å². The molecule has 1 aromatic heterocycles. The highest BCUT2D eigenvalue weighted by Crippen LogP contribution is 2.21. The average Bonchev–Trinajstić information content (AvgIpc) is 2.44. The Kier molecular flexibility index (Phi) is 3.93. The second-order valence-corrected chi connectivity index (χ2v) is 4.03. The maximum Gasteiger partial charge on any atom is 0.395 e. The first-order valence-corrected chi connectivity index (χ1v) is 5.79. The number of H-pyrrole nitrogens is 1. The van der Waals surface area contributed by atoms with Crippen LogP contribution in [0.4, 0.5) is 11.4 Å². The van der Waals surface area contributed by atoms with Crippen molar-refractivity contribution >= 4 is 23.5 Å². The zero-order chi connectivity index (χ0) is 16.3. The summed E-state index contributed by atoms with van der Waals surface area (Å²) in [4.78, 5) is 36.7. The first kappa shape index (κ1) is 14.8. The summed E-state index contributed by atoms with van der Waals surface area (Å²) in [6.07, 6.45) is 2.48. The van der Waals surface area contributed by atoms with Gasteiger partial charge < -0.3 is 10.1 Å². The third-order valence-corrected chi connectivity index (χ3v) is 2.63. The van der Waals surface area contributed by atoms with Crippen molar-refractivity contribution in [3.05, 3.63) is 66.2 Å². The molecule has 10 nitrogen and oxygen atoms in total. The average molecular weight is 304 g/mol. The highest BCUT2D eigenvalue weighted by molar-refractivity contribution is 5.72. The molecule has 0 aliphatic heterocycles. The summed E-state index contributed by atoms with van der Waals surface area (Å²) in [7, 11) is 0. The Morgan fingerprint density at radius 1 is 1.14 bits per heavy atom. The Morgan fingerprint density at radius 3 is 2.41 bits per heavy atom. The van der Waals surface area contributed by atoms with Crippen LogP contribution in [0.15, 0.2) is 29.1 Å². The number of aromatic amines is 1. The van der Waals surface area contributed by atoms with E-state index in [2.05, 4.69) is 9.97 Å². The summed E-state index contributed by atoms with van der Waals surface area (Å²) in [5.41, 5.74) is -2.11. The molecular formula is C12H8N4O6. The largest absolute Gasteiger partial charge is 0.488 e. The van der Waals surface area contributed by atoms with Crippen LogP contribution in [0.1, 0.15) is 11.4 Å². The molecule has 0 spiro atoms. The molecule has 0 aliphatic carbocycles. The first-order chi connectivity index (χ1) is 10.4. The molecule has 0 radical (unpaired) electrons. The van der Waals surface area contributed by atoms with E-state index in [1.807, 2.05) is 0 Å². The smallest absolute Gasteiger partial charge is 0.395 e. The number of benzene rings is 1. The molecule has 2 aromatic rings.